The summed E-state index contributed by atoms with van der Waals surface area (Å²) in [7, 11) is 0. The molecule has 2 aliphatic rings. The van der Waals surface area contributed by atoms with Gasteiger partial charge >= 0.3 is 6.18 Å². The number of unbranched alkanes of at least 4 members (excludes halogenated alkanes) is 1. The maximum Gasteiger partial charge on any atom is 0.423 e. The number of anilines is 1. The molecule has 2 aromatic rings. The summed E-state index contributed by atoms with van der Waals surface area (Å²) in [5.41, 5.74) is -1.83. The zero-order chi connectivity index (χ0) is 31.0. The minimum Gasteiger partial charge on any atom is -0.363 e. The summed E-state index contributed by atoms with van der Waals surface area (Å²) in [4.78, 5) is 28.6. The Morgan fingerprint density at radius 3 is 2.05 bits per heavy atom. The Labute approximate surface area is 247 Å². The fraction of sp³-hybridized carbons (Fsp3) is 0.600. The Balaban J connectivity index is 0.000000305. The number of hydrogen-bond donors (Lipinski definition) is 1. The highest BCUT2D eigenvalue weighted by atomic mass is 32.1. The number of aromatic amines is 1. The van der Waals surface area contributed by atoms with Crippen molar-refractivity contribution in [2.24, 2.45) is 5.92 Å². The van der Waals surface area contributed by atoms with Crippen molar-refractivity contribution in [2.45, 2.75) is 85.7 Å². The Bertz CT molecular complexity index is 1120. The van der Waals surface area contributed by atoms with Crippen molar-refractivity contribution < 1.29 is 18.1 Å². The SMILES string of the molecule is CC(=S)N1CCN(c2cccc(=O)[nH]2)CC1.CC1CCCCC1.CCCC.Cc1ccc([N+](=O)[O-])c(C(F)(F)F)c1. The maximum absolute atomic E-state index is 12.3. The van der Waals surface area contributed by atoms with E-state index < -0.39 is 22.4 Å². The second-order valence-corrected chi connectivity index (χ2v) is 11.0. The van der Waals surface area contributed by atoms with Crippen LogP contribution in [0.25, 0.3) is 0 Å². The van der Waals surface area contributed by atoms with Gasteiger partial charge in [-0.3, -0.25) is 14.9 Å². The molecule has 0 bridgehead atoms. The monoisotopic (exact) mass is 598 g/mol. The second-order valence-electron chi connectivity index (χ2n) is 10.4. The number of pyridine rings is 1. The average Bonchev–Trinajstić information content (AvgIpc) is 2.94. The van der Waals surface area contributed by atoms with Gasteiger partial charge in [0.2, 0.25) is 5.56 Å². The number of piperazine rings is 1. The molecule has 1 aromatic heterocycles. The molecule has 0 spiro atoms. The van der Waals surface area contributed by atoms with Crippen LogP contribution in [-0.2, 0) is 6.18 Å². The van der Waals surface area contributed by atoms with Gasteiger partial charge in [0.05, 0.1) is 9.91 Å². The lowest BCUT2D eigenvalue weighted by atomic mass is 9.91. The van der Waals surface area contributed by atoms with Crippen LogP contribution in [0.4, 0.5) is 24.7 Å². The van der Waals surface area contributed by atoms with Crippen LogP contribution in [0.3, 0.4) is 0 Å². The van der Waals surface area contributed by atoms with Gasteiger partial charge in [0, 0.05) is 38.3 Å². The zero-order valence-corrected chi connectivity index (χ0v) is 25.7. The van der Waals surface area contributed by atoms with E-state index in [1.165, 1.54) is 64.0 Å². The molecule has 0 atom stereocenters. The molecule has 1 aliphatic carbocycles. The molecule has 1 saturated heterocycles. The third-order valence-electron chi connectivity index (χ3n) is 6.87. The van der Waals surface area contributed by atoms with Gasteiger partial charge in [-0.1, -0.05) is 95.6 Å². The number of hydrogen-bond acceptors (Lipinski definition) is 5. The molecule has 11 heteroatoms. The highest BCUT2D eigenvalue weighted by Crippen LogP contribution is 2.36. The quantitative estimate of drug-likeness (QED) is 0.218. The van der Waals surface area contributed by atoms with Crippen molar-refractivity contribution in [3.63, 3.8) is 0 Å². The number of alkyl halides is 3. The largest absolute Gasteiger partial charge is 0.423 e. The molecule has 0 radical (unpaired) electrons. The van der Waals surface area contributed by atoms with E-state index in [0.717, 1.165) is 55.0 Å². The van der Waals surface area contributed by atoms with E-state index in [1.54, 1.807) is 6.07 Å². The Kier molecular flexibility index (Phi) is 16.3. The predicted molar refractivity (Wildman–Crippen MR) is 165 cm³/mol. The highest BCUT2D eigenvalue weighted by molar-refractivity contribution is 7.80. The summed E-state index contributed by atoms with van der Waals surface area (Å²) in [6.07, 6.45) is 5.39. The van der Waals surface area contributed by atoms with Crippen molar-refractivity contribution in [1.82, 2.24) is 9.88 Å². The molecule has 7 nitrogen and oxygen atoms in total. The lowest BCUT2D eigenvalue weighted by Crippen LogP contribution is -2.48. The summed E-state index contributed by atoms with van der Waals surface area (Å²) < 4.78 is 36.9. The normalized spacial score (nSPS) is 15.3. The number of aromatic nitrogens is 1. The number of nitrogens with one attached hydrogen (secondary N) is 1. The molecule has 1 aliphatic heterocycles. The standard InChI is InChI=1S/C11H15N3OS.C8H6F3NO2.C7H14.C4H10/c1-9(16)13-5-7-14(8-6-13)10-3-2-4-11(15)12-10;1-5-2-3-7(12(13)14)6(4-5)8(9,10)11;1-7-5-3-2-4-6-7;1-3-4-2/h2-4H,5-8H2,1H3,(H,12,15);2-4H,1H3;7H,2-6H2,1H3;3-4H2,1-2H3. The molecular weight excluding hydrogens is 553 g/mol. The lowest BCUT2D eigenvalue weighted by molar-refractivity contribution is -0.388. The van der Waals surface area contributed by atoms with Crippen molar-refractivity contribution in [1.29, 1.82) is 0 Å². The van der Waals surface area contributed by atoms with Crippen LogP contribution in [-0.4, -0.2) is 46.0 Å². The van der Waals surface area contributed by atoms with E-state index in [1.807, 2.05) is 13.0 Å². The zero-order valence-electron chi connectivity index (χ0n) is 24.9. The minimum absolute atomic E-state index is 0.0501. The van der Waals surface area contributed by atoms with E-state index >= 15 is 0 Å². The van der Waals surface area contributed by atoms with Crippen molar-refractivity contribution in [3.8, 4) is 0 Å². The second kappa shape index (κ2) is 18.5. The number of nitrogens with zero attached hydrogens (tertiary/aromatic N) is 3. The molecular formula is C30H45F3N4O3S. The number of benzene rings is 1. The van der Waals surface area contributed by atoms with Gasteiger partial charge in [-0.25, -0.2) is 0 Å². The molecule has 0 unspecified atom stereocenters. The van der Waals surface area contributed by atoms with Gasteiger partial charge in [-0.2, -0.15) is 13.2 Å². The Hall–Kier alpha value is -2.95. The number of rotatable bonds is 3. The van der Waals surface area contributed by atoms with Crippen LogP contribution in [0.15, 0.2) is 41.2 Å². The third-order valence-corrected chi connectivity index (χ3v) is 7.12. The maximum atomic E-state index is 12.3. The van der Waals surface area contributed by atoms with E-state index in [0.29, 0.717) is 5.56 Å². The summed E-state index contributed by atoms with van der Waals surface area (Å²) >= 11 is 5.14. The van der Waals surface area contributed by atoms with E-state index in [4.69, 9.17) is 12.2 Å². The van der Waals surface area contributed by atoms with Crippen LogP contribution in [0.2, 0.25) is 0 Å². The van der Waals surface area contributed by atoms with Crippen LogP contribution in [0, 0.1) is 23.0 Å². The summed E-state index contributed by atoms with van der Waals surface area (Å²) in [5.74, 6) is 1.93. The van der Waals surface area contributed by atoms with Gasteiger partial charge in [0.1, 0.15) is 11.4 Å². The average molecular weight is 599 g/mol. The highest BCUT2D eigenvalue weighted by Gasteiger charge is 2.38. The number of thiocarbonyl (C=S) groups is 1. The Morgan fingerprint density at radius 2 is 1.63 bits per heavy atom. The first-order valence-corrected chi connectivity index (χ1v) is 14.7. The van der Waals surface area contributed by atoms with Crippen LogP contribution in [0.1, 0.15) is 83.8 Å². The first kappa shape index (κ1) is 36.1. The fourth-order valence-corrected chi connectivity index (χ4v) is 4.41. The van der Waals surface area contributed by atoms with Gasteiger partial charge in [-0.05, 0) is 31.9 Å². The first-order valence-electron chi connectivity index (χ1n) is 14.3. The van der Waals surface area contributed by atoms with Crippen molar-refractivity contribution in [3.05, 3.63) is 68.0 Å². The lowest BCUT2D eigenvalue weighted by Gasteiger charge is -2.36. The molecule has 2 fully saturated rings. The molecule has 2 heterocycles. The molecule has 1 saturated carbocycles. The van der Waals surface area contributed by atoms with Gasteiger partial charge in [-0.15, -0.1) is 0 Å². The van der Waals surface area contributed by atoms with E-state index in [-0.39, 0.29) is 5.56 Å². The number of nitro benzene ring substituents is 1. The van der Waals surface area contributed by atoms with Crippen LogP contribution < -0.4 is 10.5 Å². The van der Waals surface area contributed by atoms with Crippen molar-refractivity contribution >= 4 is 28.7 Å². The molecule has 1 N–H and O–H groups in total. The van der Waals surface area contributed by atoms with Gasteiger partial charge in [0.15, 0.2) is 0 Å². The smallest absolute Gasteiger partial charge is 0.363 e. The number of nitro groups is 1. The van der Waals surface area contributed by atoms with Gasteiger partial charge < -0.3 is 14.8 Å². The van der Waals surface area contributed by atoms with E-state index in [9.17, 15) is 28.1 Å². The molecule has 1 aromatic carbocycles. The minimum atomic E-state index is -4.69. The first-order chi connectivity index (χ1) is 19.3. The Morgan fingerprint density at radius 1 is 1.05 bits per heavy atom. The van der Waals surface area contributed by atoms with Crippen LogP contribution in [0.5, 0.6) is 0 Å². The molecule has 41 heavy (non-hydrogen) atoms. The van der Waals surface area contributed by atoms with Crippen molar-refractivity contribution in [2.75, 3.05) is 31.1 Å². The van der Waals surface area contributed by atoms with Gasteiger partial charge in [0.25, 0.3) is 5.69 Å². The third kappa shape index (κ3) is 14.0. The van der Waals surface area contributed by atoms with Crippen LogP contribution >= 0.6 is 12.2 Å². The van der Waals surface area contributed by atoms with E-state index in [2.05, 4.69) is 35.6 Å². The topological polar surface area (TPSA) is 82.5 Å². The number of H-pyrrole nitrogens is 1. The summed E-state index contributed by atoms with van der Waals surface area (Å²) in [6.45, 7) is 13.8. The molecule has 0 amide bonds. The molecule has 4 rings (SSSR count). The summed E-state index contributed by atoms with van der Waals surface area (Å²) in [5, 5.41) is 10.3. The summed E-state index contributed by atoms with van der Waals surface area (Å²) in [6, 6.07) is 8.14. The molecule has 230 valence electrons. The number of aryl methyl sites for hydroxylation is 1. The fourth-order valence-electron chi connectivity index (χ4n) is 4.23. The number of halogens is 3. The predicted octanol–water partition coefficient (Wildman–Crippen LogP) is 8.16.